The molecule has 1 aromatic heterocycles. The fourth-order valence-electron chi connectivity index (χ4n) is 0.762. The summed E-state index contributed by atoms with van der Waals surface area (Å²) < 4.78 is 9.98. The molecular weight excluding hydrogens is 172 g/mol. The molecule has 0 amide bonds. The van der Waals surface area contributed by atoms with Gasteiger partial charge in [0.2, 0.25) is 5.88 Å². The average Bonchev–Trinajstić information content (AvgIpc) is 2.19. The highest BCUT2D eigenvalue weighted by atomic mass is 16.5. The van der Waals surface area contributed by atoms with Crippen molar-refractivity contribution in [3.05, 3.63) is 18.1 Å². The van der Waals surface area contributed by atoms with E-state index in [0.29, 0.717) is 24.8 Å². The number of nitrogens with zero attached hydrogens (tertiary/aromatic N) is 2. The Kier molecular flexibility index (Phi) is 4.14. The molecular formula is C8H12N2O3. The van der Waals surface area contributed by atoms with Crippen molar-refractivity contribution in [1.82, 2.24) is 9.97 Å². The molecule has 0 aliphatic carbocycles. The van der Waals surface area contributed by atoms with Gasteiger partial charge in [-0.25, -0.2) is 4.98 Å². The SMILES string of the molecule is COCCOc1cncc(CO)n1. The van der Waals surface area contributed by atoms with E-state index >= 15 is 0 Å². The zero-order valence-electron chi connectivity index (χ0n) is 7.43. The number of aromatic nitrogens is 2. The Labute approximate surface area is 76.4 Å². The quantitative estimate of drug-likeness (QED) is 0.652. The van der Waals surface area contributed by atoms with Crippen molar-refractivity contribution in [3.8, 4) is 5.88 Å². The maximum absolute atomic E-state index is 8.75. The summed E-state index contributed by atoms with van der Waals surface area (Å²) in [5, 5.41) is 8.75. The first-order valence-corrected chi connectivity index (χ1v) is 3.90. The van der Waals surface area contributed by atoms with Crippen molar-refractivity contribution in [2.24, 2.45) is 0 Å². The van der Waals surface area contributed by atoms with Crippen LogP contribution < -0.4 is 4.74 Å². The van der Waals surface area contributed by atoms with Gasteiger partial charge in [0.25, 0.3) is 0 Å². The highest BCUT2D eigenvalue weighted by Crippen LogP contribution is 2.04. The van der Waals surface area contributed by atoms with Gasteiger partial charge in [-0.05, 0) is 0 Å². The van der Waals surface area contributed by atoms with Gasteiger partial charge in [0.15, 0.2) is 0 Å². The minimum Gasteiger partial charge on any atom is -0.474 e. The van der Waals surface area contributed by atoms with E-state index in [0.717, 1.165) is 0 Å². The Balaban J connectivity index is 2.46. The lowest BCUT2D eigenvalue weighted by Crippen LogP contribution is -2.06. The van der Waals surface area contributed by atoms with Gasteiger partial charge in [0.05, 0.1) is 31.3 Å². The van der Waals surface area contributed by atoms with E-state index in [-0.39, 0.29) is 6.61 Å². The number of aliphatic hydroxyl groups excluding tert-OH is 1. The number of aliphatic hydroxyl groups is 1. The van der Waals surface area contributed by atoms with E-state index in [1.54, 1.807) is 7.11 Å². The second kappa shape index (κ2) is 5.45. The summed E-state index contributed by atoms with van der Waals surface area (Å²) in [5.41, 5.74) is 0.495. The van der Waals surface area contributed by atoms with Crippen LogP contribution in [0.1, 0.15) is 5.69 Å². The summed E-state index contributed by atoms with van der Waals surface area (Å²) in [6, 6.07) is 0. The summed E-state index contributed by atoms with van der Waals surface area (Å²) >= 11 is 0. The molecule has 0 saturated heterocycles. The molecule has 0 unspecified atom stereocenters. The minimum absolute atomic E-state index is 0.130. The number of hydrogen-bond donors (Lipinski definition) is 1. The summed E-state index contributed by atoms with van der Waals surface area (Å²) in [6.07, 6.45) is 2.98. The number of ether oxygens (including phenoxy) is 2. The standard InChI is InChI=1S/C8H12N2O3/c1-12-2-3-13-8-5-9-4-7(6-11)10-8/h4-5,11H,2-3,6H2,1H3. The topological polar surface area (TPSA) is 64.5 Å². The first-order chi connectivity index (χ1) is 6.36. The largest absolute Gasteiger partial charge is 0.474 e. The lowest BCUT2D eigenvalue weighted by molar-refractivity contribution is 0.143. The normalized spacial score (nSPS) is 10.0. The second-order valence-electron chi connectivity index (χ2n) is 2.35. The smallest absolute Gasteiger partial charge is 0.232 e. The third-order valence-corrected chi connectivity index (χ3v) is 1.36. The van der Waals surface area contributed by atoms with Crippen LogP contribution in [-0.2, 0) is 11.3 Å². The predicted molar refractivity (Wildman–Crippen MR) is 45.3 cm³/mol. The molecule has 0 aliphatic rings. The molecule has 1 heterocycles. The van der Waals surface area contributed by atoms with Crippen LogP contribution in [0.2, 0.25) is 0 Å². The molecule has 0 fully saturated rings. The molecule has 0 bridgehead atoms. The Morgan fingerprint density at radius 2 is 2.23 bits per heavy atom. The average molecular weight is 184 g/mol. The molecule has 0 radical (unpaired) electrons. The lowest BCUT2D eigenvalue weighted by atomic mass is 10.5. The van der Waals surface area contributed by atoms with E-state index in [1.165, 1.54) is 12.4 Å². The molecule has 1 rings (SSSR count). The van der Waals surface area contributed by atoms with Gasteiger partial charge in [-0.2, -0.15) is 0 Å². The van der Waals surface area contributed by atoms with E-state index < -0.39 is 0 Å². The minimum atomic E-state index is -0.130. The van der Waals surface area contributed by atoms with E-state index in [9.17, 15) is 0 Å². The van der Waals surface area contributed by atoms with Gasteiger partial charge in [-0.15, -0.1) is 0 Å². The number of rotatable bonds is 5. The Morgan fingerprint density at radius 3 is 2.92 bits per heavy atom. The highest BCUT2D eigenvalue weighted by molar-refractivity contribution is 5.07. The lowest BCUT2D eigenvalue weighted by Gasteiger charge is -2.04. The Morgan fingerprint density at radius 1 is 1.38 bits per heavy atom. The molecule has 1 aromatic rings. The molecule has 13 heavy (non-hydrogen) atoms. The molecule has 0 aromatic carbocycles. The van der Waals surface area contributed by atoms with Crippen LogP contribution >= 0.6 is 0 Å². The molecule has 0 spiro atoms. The van der Waals surface area contributed by atoms with Crippen LogP contribution in [0.4, 0.5) is 0 Å². The second-order valence-corrected chi connectivity index (χ2v) is 2.35. The molecule has 0 saturated carbocycles. The summed E-state index contributed by atoms with van der Waals surface area (Å²) in [7, 11) is 1.60. The highest BCUT2D eigenvalue weighted by Gasteiger charge is 1.97. The van der Waals surface area contributed by atoms with Crippen molar-refractivity contribution in [2.75, 3.05) is 20.3 Å². The zero-order chi connectivity index (χ0) is 9.52. The van der Waals surface area contributed by atoms with Gasteiger partial charge in [0, 0.05) is 7.11 Å². The third kappa shape index (κ3) is 3.35. The molecule has 0 atom stereocenters. The van der Waals surface area contributed by atoms with E-state index in [4.69, 9.17) is 14.6 Å². The van der Waals surface area contributed by atoms with Gasteiger partial charge >= 0.3 is 0 Å². The number of hydrogen-bond acceptors (Lipinski definition) is 5. The first-order valence-electron chi connectivity index (χ1n) is 3.90. The fraction of sp³-hybridized carbons (Fsp3) is 0.500. The molecule has 5 heteroatoms. The van der Waals surface area contributed by atoms with E-state index in [2.05, 4.69) is 9.97 Å². The summed E-state index contributed by atoms with van der Waals surface area (Å²) in [4.78, 5) is 7.82. The predicted octanol–water partition coefficient (Wildman–Crippen LogP) is -0.00590. The zero-order valence-corrected chi connectivity index (χ0v) is 7.43. The molecule has 1 N–H and O–H groups in total. The van der Waals surface area contributed by atoms with Gasteiger partial charge < -0.3 is 14.6 Å². The van der Waals surface area contributed by atoms with Gasteiger partial charge in [0.1, 0.15) is 6.61 Å². The fourth-order valence-corrected chi connectivity index (χ4v) is 0.762. The molecule has 72 valence electrons. The number of methoxy groups -OCH3 is 1. The van der Waals surface area contributed by atoms with Crippen LogP contribution in [0.15, 0.2) is 12.4 Å². The van der Waals surface area contributed by atoms with Crippen LogP contribution in [0.25, 0.3) is 0 Å². The van der Waals surface area contributed by atoms with Crippen molar-refractivity contribution >= 4 is 0 Å². The van der Waals surface area contributed by atoms with E-state index in [1.807, 2.05) is 0 Å². The third-order valence-electron chi connectivity index (χ3n) is 1.36. The van der Waals surface area contributed by atoms with Crippen LogP contribution in [0.3, 0.4) is 0 Å². The van der Waals surface area contributed by atoms with Crippen molar-refractivity contribution in [3.63, 3.8) is 0 Å². The van der Waals surface area contributed by atoms with Gasteiger partial charge in [-0.3, -0.25) is 4.98 Å². The van der Waals surface area contributed by atoms with Crippen molar-refractivity contribution in [1.29, 1.82) is 0 Å². The van der Waals surface area contributed by atoms with Crippen molar-refractivity contribution in [2.45, 2.75) is 6.61 Å². The van der Waals surface area contributed by atoms with Crippen molar-refractivity contribution < 1.29 is 14.6 Å². The maximum atomic E-state index is 8.75. The molecule has 5 nitrogen and oxygen atoms in total. The summed E-state index contributed by atoms with van der Waals surface area (Å²) in [6.45, 7) is 0.805. The molecule has 0 aliphatic heterocycles. The van der Waals surface area contributed by atoms with Crippen LogP contribution in [0, 0.1) is 0 Å². The Hall–Kier alpha value is -1.20. The first kappa shape index (κ1) is 9.88. The maximum Gasteiger partial charge on any atom is 0.232 e. The van der Waals surface area contributed by atoms with Gasteiger partial charge in [-0.1, -0.05) is 0 Å². The monoisotopic (exact) mass is 184 g/mol. The van der Waals surface area contributed by atoms with Crippen LogP contribution in [-0.4, -0.2) is 35.4 Å². The van der Waals surface area contributed by atoms with Crippen LogP contribution in [0.5, 0.6) is 5.88 Å². The Bertz CT molecular complexity index is 255. The summed E-state index contributed by atoms with van der Waals surface area (Å²) in [5.74, 6) is 0.406.